The minimum absolute atomic E-state index is 0.0292. The van der Waals surface area contributed by atoms with Crippen LogP contribution in [0.3, 0.4) is 0 Å². The first-order valence-corrected chi connectivity index (χ1v) is 15.3. The molecular weight excluding hydrogens is 540 g/mol. The maximum atomic E-state index is 14.2. The first kappa shape index (κ1) is 29.0. The molecule has 1 unspecified atom stereocenters. The second-order valence-electron chi connectivity index (χ2n) is 12.2. The SMILES string of the molecule is CCC1(C(=O)N(CC(=O)Nc2ccc3c(c2)CC2(C3)C(=O)Nc3ncccc32)Cc2ccccc2CNC)CCNCC1. The van der Waals surface area contributed by atoms with Gasteiger partial charge in [0.25, 0.3) is 0 Å². The summed E-state index contributed by atoms with van der Waals surface area (Å²) in [4.78, 5) is 47.0. The van der Waals surface area contributed by atoms with E-state index in [1.54, 1.807) is 11.1 Å². The molecule has 6 rings (SSSR count). The third kappa shape index (κ3) is 5.43. The van der Waals surface area contributed by atoms with E-state index in [0.29, 0.717) is 37.4 Å². The van der Waals surface area contributed by atoms with Gasteiger partial charge in [-0.1, -0.05) is 43.3 Å². The maximum absolute atomic E-state index is 14.2. The number of nitrogens with zero attached hydrogens (tertiary/aromatic N) is 2. The van der Waals surface area contributed by atoms with E-state index in [1.165, 1.54) is 0 Å². The van der Waals surface area contributed by atoms with Gasteiger partial charge >= 0.3 is 0 Å². The van der Waals surface area contributed by atoms with Crippen LogP contribution in [0.2, 0.25) is 0 Å². The van der Waals surface area contributed by atoms with Gasteiger partial charge in [0.05, 0.1) is 10.8 Å². The Bertz CT molecular complexity index is 1550. The Morgan fingerprint density at radius 3 is 2.53 bits per heavy atom. The molecule has 1 atom stereocenters. The highest BCUT2D eigenvalue weighted by Crippen LogP contribution is 2.47. The van der Waals surface area contributed by atoms with Crippen LogP contribution in [-0.4, -0.2) is 54.3 Å². The predicted octanol–water partition coefficient (Wildman–Crippen LogP) is 3.54. The van der Waals surface area contributed by atoms with Crippen molar-refractivity contribution in [3.8, 4) is 0 Å². The Kier molecular flexibility index (Phi) is 8.03. The van der Waals surface area contributed by atoms with Crippen molar-refractivity contribution in [3.05, 3.63) is 88.6 Å². The number of hydrogen-bond donors (Lipinski definition) is 4. The number of benzene rings is 2. The maximum Gasteiger partial charge on any atom is 0.244 e. The van der Waals surface area contributed by atoms with Gasteiger partial charge in [-0.25, -0.2) is 4.98 Å². The zero-order chi connectivity index (χ0) is 30.0. The Morgan fingerprint density at radius 1 is 1.00 bits per heavy atom. The highest BCUT2D eigenvalue weighted by Gasteiger charge is 2.51. The second-order valence-corrected chi connectivity index (χ2v) is 12.2. The summed E-state index contributed by atoms with van der Waals surface area (Å²) in [5, 5.41) is 12.6. The number of amides is 3. The largest absolute Gasteiger partial charge is 0.329 e. The molecule has 2 aromatic carbocycles. The van der Waals surface area contributed by atoms with E-state index in [0.717, 1.165) is 60.2 Å². The number of aromatic nitrogens is 1. The monoisotopic (exact) mass is 580 g/mol. The smallest absolute Gasteiger partial charge is 0.244 e. The lowest BCUT2D eigenvalue weighted by Gasteiger charge is -2.39. The summed E-state index contributed by atoms with van der Waals surface area (Å²) < 4.78 is 0. The molecule has 0 bridgehead atoms. The van der Waals surface area contributed by atoms with Gasteiger partial charge in [0.15, 0.2) is 0 Å². The molecule has 1 spiro atoms. The highest BCUT2D eigenvalue weighted by atomic mass is 16.2. The Balaban J connectivity index is 1.21. The number of fused-ring (bicyclic) bond motifs is 3. The summed E-state index contributed by atoms with van der Waals surface area (Å²) >= 11 is 0. The zero-order valence-electron chi connectivity index (χ0n) is 25.0. The van der Waals surface area contributed by atoms with Crippen molar-refractivity contribution in [2.75, 3.05) is 37.3 Å². The van der Waals surface area contributed by atoms with Crippen molar-refractivity contribution >= 4 is 29.2 Å². The summed E-state index contributed by atoms with van der Waals surface area (Å²) in [6.07, 6.45) is 5.10. The summed E-state index contributed by atoms with van der Waals surface area (Å²) in [5.41, 5.74) is 4.74. The van der Waals surface area contributed by atoms with E-state index in [-0.39, 0.29) is 24.3 Å². The van der Waals surface area contributed by atoms with E-state index >= 15 is 0 Å². The Hall–Kier alpha value is -4.08. The molecule has 9 nitrogen and oxygen atoms in total. The topological polar surface area (TPSA) is 115 Å². The van der Waals surface area contributed by atoms with E-state index in [2.05, 4.69) is 39.2 Å². The molecular formula is C34H40N6O3. The molecule has 2 aliphatic heterocycles. The third-order valence-corrected chi connectivity index (χ3v) is 9.62. The van der Waals surface area contributed by atoms with Gasteiger partial charge in [0.1, 0.15) is 12.4 Å². The fourth-order valence-electron chi connectivity index (χ4n) is 7.16. The van der Waals surface area contributed by atoms with Crippen molar-refractivity contribution in [3.63, 3.8) is 0 Å². The van der Waals surface area contributed by atoms with Crippen LogP contribution >= 0.6 is 0 Å². The number of carbonyl (C=O) groups excluding carboxylic acids is 3. The number of pyridine rings is 1. The first-order chi connectivity index (χ1) is 20.9. The van der Waals surface area contributed by atoms with E-state index in [9.17, 15) is 14.4 Å². The number of anilines is 2. The molecule has 0 saturated carbocycles. The molecule has 1 fully saturated rings. The van der Waals surface area contributed by atoms with Gasteiger partial charge in [-0.2, -0.15) is 0 Å². The van der Waals surface area contributed by atoms with Gasteiger partial charge in [0.2, 0.25) is 17.7 Å². The molecule has 4 N–H and O–H groups in total. The lowest BCUT2D eigenvalue weighted by Crippen LogP contribution is -2.50. The molecule has 1 aromatic heterocycles. The van der Waals surface area contributed by atoms with Gasteiger partial charge in [-0.3, -0.25) is 14.4 Å². The number of carbonyl (C=O) groups is 3. The average molecular weight is 581 g/mol. The second kappa shape index (κ2) is 11.9. The van der Waals surface area contributed by atoms with Crippen LogP contribution in [0.5, 0.6) is 0 Å². The van der Waals surface area contributed by atoms with Crippen molar-refractivity contribution in [2.45, 2.75) is 57.5 Å². The van der Waals surface area contributed by atoms with Gasteiger partial charge in [-0.05, 0) is 92.7 Å². The molecule has 3 aliphatic rings. The van der Waals surface area contributed by atoms with Crippen LogP contribution in [0.25, 0.3) is 0 Å². The fourth-order valence-corrected chi connectivity index (χ4v) is 7.16. The van der Waals surface area contributed by atoms with E-state index in [1.807, 2.05) is 55.6 Å². The molecule has 224 valence electrons. The minimum Gasteiger partial charge on any atom is -0.329 e. The van der Waals surface area contributed by atoms with E-state index < -0.39 is 10.8 Å². The quantitative estimate of drug-likeness (QED) is 0.308. The van der Waals surface area contributed by atoms with Crippen molar-refractivity contribution in [2.24, 2.45) is 5.41 Å². The minimum atomic E-state index is -0.665. The Labute approximate surface area is 252 Å². The molecule has 3 aromatic rings. The van der Waals surface area contributed by atoms with Gasteiger partial charge < -0.3 is 26.2 Å². The highest BCUT2D eigenvalue weighted by molar-refractivity contribution is 6.06. The summed E-state index contributed by atoms with van der Waals surface area (Å²) in [6, 6.07) is 17.8. The normalized spacial score (nSPS) is 19.9. The van der Waals surface area contributed by atoms with Crippen LogP contribution < -0.4 is 21.3 Å². The first-order valence-electron chi connectivity index (χ1n) is 15.3. The van der Waals surface area contributed by atoms with Crippen LogP contribution in [0, 0.1) is 5.41 Å². The zero-order valence-corrected chi connectivity index (χ0v) is 25.0. The van der Waals surface area contributed by atoms with E-state index in [4.69, 9.17) is 0 Å². The van der Waals surface area contributed by atoms with Crippen LogP contribution in [0.4, 0.5) is 11.5 Å². The van der Waals surface area contributed by atoms with Crippen molar-refractivity contribution in [1.29, 1.82) is 0 Å². The lowest BCUT2D eigenvalue weighted by molar-refractivity contribution is -0.146. The number of hydrogen-bond acceptors (Lipinski definition) is 6. The number of piperidine rings is 1. The summed E-state index contributed by atoms with van der Waals surface area (Å²) in [6.45, 7) is 4.68. The van der Waals surface area contributed by atoms with Crippen LogP contribution in [-0.2, 0) is 45.7 Å². The van der Waals surface area contributed by atoms with Crippen molar-refractivity contribution < 1.29 is 14.4 Å². The number of rotatable bonds is 9. The Morgan fingerprint density at radius 2 is 1.77 bits per heavy atom. The summed E-state index contributed by atoms with van der Waals surface area (Å²) in [5.74, 6) is 0.411. The summed E-state index contributed by atoms with van der Waals surface area (Å²) in [7, 11) is 1.90. The van der Waals surface area contributed by atoms with Crippen LogP contribution in [0.15, 0.2) is 60.8 Å². The molecule has 3 heterocycles. The molecule has 1 saturated heterocycles. The molecule has 0 radical (unpaired) electrons. The molecule has 1 aliphatic carbocycles. The predicted molar refractivity (Wildman–Crippen MR) is 166 cm³/mol. The average Bonchev–Trinajstić information content (AvgIpc) is 3.54. The third-order valence-electron chi connectivity index (χ3n) is 9.62. The van der Waals surface area contributed by atoms with Gasteiger partial charge in [-0.15, -0.1) is 0 Å². The lowest BCUT2D eigenvalue weighted by atomic mass is 9.75. The van der Waals surface area contributed by atoms with Crippen LogP contribution in [0.1, 0.15) is 54.0 Å². The molecule has 9 heteroatoms. The molecule has 3 amide bonds. The standard InChI is InChI=1S/C34H40N6O3/c1-3-33(12-15-36-16-13-33)32(43)40(21-25-8-5-4-7-24(25)20-35-2)22-29(41)38-27-11-10-23-18-34(19-26(23)17-27)28-9-6-14-37-30(28)39-31(34)42/h4-11,14,17,35-36H,3,12-13,15-16,18-22H2,1-2H3,(H,38,41)(H,37,39,42). The van der Waals surface area contributed by atoms with Gasteiger partial charge in [0, 0.05) is 30.5 Å². The number of nitrogens with one attached hydrogen (secondary N) is 4. The fraction of sp³-hybridized carbons (Fsp3) is 0.412. The molecule has 43 heavy (non-hydrogen) atoms. The van der Waals surface area contributed by atoms with Crippen molar-refractivity contribution in [1.82, 2.24) is 20.5 Å².